The van der Waals surface area contributed by atoms with E-state index in [0.29, 0.717) is 0 Å². The number of amides is 2. The lowest BCUT2D eigenvalue weighted by molar-refractivity contribution is 0.189. The summed E-state index contributed by atoms with van der Waals surface area (Å²) in [6.07, 6.45) is 5.20. The van der Waals surface area contributed by atoms with Crippen LogP contribution in [0.5, 0.6) is 0 Å². The molecule has 6 nitrogen and oxygen atoms in total. The molecular weight excluding hydrogens is 268 g/mol. The Labute approximate surface area is 125 Å². The standard InChI is InChI=1S/C15H26N4O2/c1-15(2,3)7-12(9-20)18-14(21)17-11-4-5-13-10(6-11)8-16-19-13/h8,11-12,20H,4-7,9H2,1-3H3,(H,16,19)(H2,17,18,21). The molecule has 1 aliphatic carbocycles. The molecule has 4 N–H and O–H groups in total. The largest absolute Gasteiger partial charge is 0.394 e. The number of hydrogen-bond donors (Lipinski definition) is 4. The van der Waals surface area contributed by atoms with Crippen LogP contribution in [0, 0.1) is 5.41 Å². The molecule has 0 radical (unpaired) electrons. The summed E-state index contributed by atoms with van der Waals surface area (Å²) in [4.78, 5) is 12.1. The molecule has 0 bridgehead atoms. The van der Waals surface area contributed by atoms with Crippen molar-refractivity contribution in [2.45, 2.75) is 58.5 Å². The summed E-state index contributed by atoms with van der Waals surface area (Å²) < 4.78 is 0. The summed E-state index contributed by atoms with van der Waals surface area (Å²) in [6.45, 7) is 6.24. The number of nitrogens with one attached hydrogen (secondary N) is 3. The Morgan fingerprint density at radius 1 is 1.57 bits per heavy atom. The van der Waals surface area contributed by atoms with Gasteiger partial charge in [0.05, 0.1) is 18.8 Å². The Hall–Kier alpha value is -1.56. The minimum atomic E-state index is -0.210. The van der Waals surface area contributed by atoms with Crippen LogP contribution in [0.25, 0.3) is 0 Å². The molecule has 0 aliphatic heterocycles. The van der Waals surface area contributed by atoms with E-state index in [1.165, 1.54) is 11.3 Å². The third-order valence-electron chi connectivity index (χ3n) is 3.77. The van der Waals surface area contributed by atoms with E-state index >= 15 is 0 Å². The lowest BCUT2D eigenvalue weighted by Gasteiger charge is -2.27. The van der Waals surface area contributed by atoms with Gasteiger partial charge >= 0.3 is 6.03 Å². The van der Waals surface area contributed by atoms with Crippen molar-refractivity contribution in [3.8, 4) is 0 Å². The normalized spacial score (nSPS) is 19.7. The Kier molecular flexibility index (Phi) is 4.88. The molecule has 118 valence electrons. The first-order chi connectivity index (χ1) is 9.87. The number of aliphatic hydroxyl groups excluding tert-OH is 1. The summed E-state index contributed by atoms with van der Waals surface area (Å²) in [5.74, 6) is 0. The van der Waals surface area contributed by atoms with Crippen molar-refractivity contribution in [1.82, 2.24) is 20.8 Å². The number of hydrogen-bond acceptors (Lipinski definition) is 3. The molecule has 2 unspecified atom stereocenters. The molecule has 0 saturated carbocycles. The zero-order chi connectivity index (χ0) is 15.5. The molecule has 1 aromatic rings. The average Bonchev–Trinajstić information content (AvgIpc) is 2.83. The Bertz CT molecular complexity index is 478. The van der Waals surface area contributed by atoms with Crippen LogP contribution in [0.15, 0.2) is 6.20 Å². The molecule has 2 amide bonds. The van der Waals surface area contributed by atoms with E-state index in [9.17, 15) is 9.90 Å². The van der Waals surface area contributed by atoms with Crippen LogP contribution in [0.1, 0.15) is 44.9 Å². The maximum atomic E-state index is 12.1. The van der Waals surface area contributed by atoms with Crippen LogP contribution in [0.4, 0.5) is 4.79 Å². The molecule has 0 spiro atoms. The number of nitrogens with zero attached hydrogens (tertiary/aromatic N) is 1. The fraction of sp³-hybridized carbons (Fsp3) is 0.733. The predicted molar refractivity (Wildman–Crippen MR) is 81.0 cm³/mol. The second-order valence-corrected chi connectivity index (χ2v) is 7.08. The molecule has 1 aromatic heterocycles. The minimum Gasteiger partial charge on any atom is -0.394 e. The smallest absolute Gasteiger partial charge is 0.315 e. The summed E-state index contributed by atoms with van der Waals surface area (Å²) >= 11 is 0. The van der Waals surface area contributed by atoms with E-state index in [-0.39, 0.29) is 30.1 Å². The molecule has 21 heavy (non-hydrogen) atoms. The van der Waals surface area contributed by atoms with Gasteiger partial charge in [0.25, 0.3) is 0 Å². The monoisotopic (exact) mass is 294 g/mol. The zero-order valence-electron chi connectivity index (χ0n) is 13.1. The third kappa shape index (κ3) is 4.74. The van der Waals surface area contributed by atoms with Gasteiger partial charge in [0.1, 0.15) is 0 Å². The number of rotatable bonds is 4. The Morgan fingerprint density at radius 2 is 2.33 bits per heavy atom. The topological polar surface area (TPSA) is 90.0 Å². The van der Waals surface area contributed by atoms with Gasteiger partial charge in [0.2, 0.25) is 0 Å². The van der Waals surface area contributed by atoms with E-state index in [0.717, 1.165) is 25.7 Å². The highest BCUT2D eigenvalue weighted by molar-refractivity contribution is 5.74. The number of aryl methyl sites for hydroxylation is 1. The lowest BCUT2D eigenvalue weighted by atomic mass is 9.88. The average molecular weight is 294 g/mol. The summed E-state index contributed by atoms with van der Waals surface area (Å²) in [6, 6.07) is -0.280. The van der Waals surface area contributed by atoms with Crippen molar-refractivity contribution < 1.29 is 9.90 Å². The molecular formula is C15H26N4O2. The van der Waals surface area contributed by atoms with Crippen molar-refractivity contribution in [2.24, 2.45) is 5.41 Å². The van der Waals surface area contributed by atoms with Crippen molar-refractivity contribution in [1.29, 1.82) is 0 Å². The van der Waals surface area contributed by atoms with Crippen molar-refractivity contribution >= 4 is 6.03 Å². The van der Waals surface area contributed by atoms with E-state index in [1.54, 1.807) is 0 Å². The van der Waals surface area contributed by atoms with Crippen LogP contribution in [0.2, 0.25) is 0 Å². The van der Waals surface area contributed by atoms with Gasteiger partial charge < -0.3 is 15.7 Å². The van der Waals surface area contributed by atoms with Gasteiger partial charge in [0, 0.05) is 11.7 Å². The van der Waals surface area contributed by atoms with Crippen LogP contribution in [0.3, 0.4) is 0 Å². The van der Waals surface area contributed by atoms with E-state index in [2.05, 4.69) is 41.6 Å². The maximum absolute atomic E-state index is 12.1. The van der Waals surface area contributed by atoms with Gasteiger partial charge in [0.15, 0.2) is 0 Å². The van der Waals surface area contributed by atoms with Crippen molar-refractivity contribution in [3.05, 3.63) is 17.5 Å². The third-order valence-corrected chi connectivity index (χ3v) is 3.77. The highest BCUT2D eigenvalue weighted by Crippen LogP contribution is 2.21. The lowest BCUT2D eigenvalue weighted by Crippen LogP contribution is -2.49. The number of fused-ring (bicyclic) bond motifs is 1. The number of aromatic amines is 1. The quantitative estimate of drug-likeness (QED) is 0.676. The van der Waals surface area contributed by atoms with E-state index in [1.807, 2.05) is 6.20 Å². The minimum absolute atomic E-state index is 0.0404. The van der Waals surface area contributed by atoms with Gasteiger partial charge in [-0.2, -0.15) is 5.10 Å². The zero-order valence-corrected chi connectivity index (χ0v) is 13.1. The molecule has 2 atom stereocenters. The molecule has 6 heteroatoms. The number of aliphatic hydroxyl groups is 1. The number of carbonyl (C=O) groups excluding carboxylic acids is 1. The van der Waals surface area contributed by atoms with Crippen LogP contribution in [-0.2, 0) is 12.8 Å². The van der Waals surface area contributed by atoms with E-state index in [4.69, 9.17) is 0 Å². The predicted octanol–water partition coefficient (Wildman–Crippen LogP) is 1.36. The van der Waals surface area contributed by atoms with Gasteiger partial charge in [-0.25, -0.2) is 4.79 Å². The molecule has 0 aromatic carbocycles. The number of urea groups is 1. The van der Waals surface area contributed by atoms with Crippen LogP contribution < -0.4 is 10.6 Å². The summed E-state index contributed by atoms with van der Waals surface area (Å²) in [5, 5.41) is 22.3. The number of H-pyrrole nitrogens is 1. The van der Waals surface area contributed by atoms with Gasteiger partial charge in [-0.15, -0.1) is 0 Å². The first-order valence-corrected chi connectivity index (χ1v) is 7.56. The summed E-state index contributed by atoms with van der Waals surface area (Å²) in [5.41, 5.74) is 2.42. The second-order valence-electron chi connectivity index (χ2n) is 7.08. The van der Waals surface area contributed by atoms with Crippen molar-refractivity contribution in [2.75, 3.05) is 6.61 Å². The molecule has 0 fully saturated rings. The van der Waals surface area contributed by atoms with E-state index < -0.39 is 0 Å². The molecule has 1 aliphatic rings. The fourth-order valence-corrected chi connectivity index (χ4v) is 2.85. The highest BCUT2D eigenvalue weighted by Gasteiger charge is 2.24. The van der Waals surface area contributed by atoms with Crippen LogP contribution >= 0.6 is 0 Å². The SMILES string of the molecule is CC(C)(C)CC(CO)NC(=O)NC1CCc2[nH]ncc2C1. The molecule has 1 heterocycles. The maximum Gasteiger partial charge on any atom is 0.315 e. The second kappa shape index (κ2) is 6.47. The molecule has 2 rings (SSSR count). The molecule has 0 saturated heterocycles. The number of aromatic nitrogens is 2. The fourth-order valence-electron chi connectivity index (χ4n) is 2.85. The first-order valence-electron chi connectivity index (χ1n) is 7.56. The Balaban J connectivity index is 1.82. The van der Waals surface area contributed by atoms with Gasteiger partial charge in [-0.05, 0) is 36.7 Å². The van der Waals surface area contributed by atoms with Gasteiger partial charge in [-0.1, -0.05) is 20.8 Å². The number of carbonyl (C=O) groups is 1. The Morgan fingerprint density at radius 3 is 3.00 bits per heavy atom. The van der Waals surface area contributed by atoms with Crippen molar-refractivity contribution in [3.63, 3.8) is 0 Å². The first kappa shape index (κ1) is 15.8. The highest BCUT2D eigenvalue weighted by atomic mass is 16.3. The summed E-state index contributed by atoms with van der Waals surface area (Å²) in [7, 11) is 0. The van der Waals surface area contributed by atoms with Crippen LogP contribution in [-0.4, -0.2) is 40.0 Å². The van der Waals surface area contributed by atoms with Gasteiger partial charge in [-0.3, -0.25) is 5.10 Å².